The smallest absolute Gasteiger partial charge is 1.00 e. The van der Waals surface area contributed by atoms with E-state index in [0.717, 1.165) is 0 Å². The summed E-state index contributed by atoms with van der Waals surface area (Å²) in [5, 5.41) is 16.5. The molecule has 60 valence electrons. The fourth-order valence-electron chi connectivity index (χ4n) is 0.382. The first-order valence-corrected chi connectivity index (χ1v) is 2.56. The van der Waals surface area contributed by atoms with Crippen molar-refractivity contribution in [2.45, 2.75) is 13.3 Å². The molecule has 0 saturated heterocycles. The average Bonchev–Trinajstić information content (AvgIpc) is 1.69. The van der Waals surface area contributed by atoms with Crippen LogP contribution in [0.3, 0.4) is 0 Å². The van der Waals surface area contributed by atoms with Crippen LogP contribution in [0, 0.1) is 5.92 Å². The van der Waals surface area contributed by atoms with Gasteiger partial charge < -0.3 is 18.5 Å². The molecule has 0 aliphatic heterocycles. The van der Waals surface area contributed by atoms with Gasteiger partial charge >= 0.3 is 29.0 Å². The molecule has 0 aliphatic carbocycles. The second-order valence-electron chi connectivity index (χ2n) is 1.63. The number of aliphatic hydroxyl groups is 1. The molecule has 0 aromatic rings. The molecule has 0 aromatic carbocycles. The van der Waals surface area contributed by atoms with Crippen molar-refractivity contribution in [1.82, 2.24) is 0 Å². The number of aliphatic carboxylic acids is 1. The van der Waals surface area contributed by atoms with E-state index < -0.39 is 11.9 Å². The van der Waals surface area contributed by atoms with Crippen molar-refractivity contribution in [3.63, 3.8) is 0 Å². The quantitative estimate of drug-likeness (QED) is 0.528. The van der Waals surface area contributed by atoms with Gasteiger partial charge in [-0.15, -0.1) is 0 Å². The molecule has 0 heterocycles. The van der Waals surface area contributed by atoms with Gasteiger partial charge in [-0.1, -0.05) is 6.92 Å². The Balaban J connectivity index is -0.0000000408. The summed E-state index contributed by atoms with van der Waals surface area (Å²) in [7, 11) is 0. The second kappa shape index (κ2) is 9.16. The molecule has 4 N–H and O–H groups in total. The van der Waals surface area contributed by atoms with Crippen LogP contribution in [-0.2, 0) is 4.79 Å². The maximum atomic E-state index is 10.0. The van der Waals surface area contributed by atoms with E-state index in [4.69, 9.17) is 10.2 Å². The Morgan fingerprint density at radius 1 is 1.70 bits per heavy atom. The number of hydrogen-bond donors (Lipinski definition) is 2. The molecule has 0 rings (SSSR count). The summed E-state index contributed by atoms with van der Waals surface area (Å²) in [6.07, 6.45) is 0.492. The molecule has 10 heavy (non-hydrogen) atoms. The van der Waals surface area contributed by atoms with Crippen LogP contribution in [0.1, 0.15) is 16.2 Å². The topological polar surface area (TPSA) is 89.0 Å². The monoisotopic (exact) mass is 162 g/mol. The standard InChI is InChI=1S/C5H10O3.Mg.H2O.2H/c1-2-4(3-6)5(7)8;;;;/h4,6H,2-3H2,1H3,(H,7,8);;1H2;;/q;+2;;2*-1. The summed E-state index contributed by atoms with van der Waals surface area (Å²) >= 11 is 0. The van der Waals surface area contributed by atoms with Crippen LogP contribution in [0.2, 0.25) is 0 Å². The molecule has 0 spiro atoms. The van der Waals surface area contributed by atoms with Crippen LogP contribution in [0.5, 0.6) is 0 Å². The first-order valence-electron chi connectivity index (χ1n) is 2.56. The molecular formula is C5H14MgO4. The Bertz CT molecular complexity index is 89.5. The average molecular weight is 162 g/mol. The molecule has 0 radical (unpaired) electrons. The summed E-state index contributed by atoms with van der Waals surface area (Å²) in [5.74, 6) is -1.50. The fourth-order valence-corrected chi connectivity index (χ4v) is 0.382. The van der Waals surface area contributed by atoms with Crippen LogP contribution in [0.15, 0.2) is 0 Å². The zero-order chi connectivity index (χ0) is 6.57. The van der Waals surface area contributed by atoms with Gasteiger partial charge in [0.1, 0.15) is 0 Å². The van der Waals surface area contributed by atoms with Gasteiger partial charge in [-0.3, -0.25) is 4.79 Å². The van der Waals surface area contributed by atoms with Gasteiger partial charge in [0.25, 0.3) is 0 Å². The number of hydrogen-bond acceptors (Lipinski definition) is 2. The summed E-state index contributed by atoms with van der Waals surface area (Å²) in [5.41, 5.74) is 0. The third-order valence-electron chi connectivity index (χ3n) is 1.06. The van der Waals surface area contributed by atoms with Crippen LogP contribution in [0.4, 0.5) is 0 Å². The molecule has 1 atom stereocenters. The Labute approximate surface area is 78.7 Å². The third kappa shape index (κ3) is 6.28. The molecule has 0 aromatic heterocycles. The Morgan fingerprint density at radius 3 is 2.10 bits per heavy atom. The van der Waals surface area contributed by atoms with Crippen molar-refractivity contribution >= 4 is 29.0 Å². The van der Waals surface area contributed by atoms with E-state index in [9.17, 15) is 4.79 Å². The van der Waals surface area contributed by atoms with Crippen molar-refractivity contribution in [1.29, 1.82) is 0 Å². The van der Waals surface area contributed by atoms with E-state index in [0.29, 0.717) is 6.42 Å². The summed E-state index contributed by atoms with van der Waals surface area (Å²) in [6.45, 7) is 1.47. The molecule has 1 unspecified atom stereocenters. The summed E-state index contributed by atoms with van der Waals surface area (Å²) in [4.78, 5) is 10.0. The van der Waals surface area contributed by atoms with Gasteiger partial charge in [-0.2, -0.15) is 0 Å². The van der Waals surface area contributed by atoms with Crippen LogP contribution >= 0.6 is 0 Å². The largest absolute Gasteiger partial charge is 2.00 e. The van der Waals surface area contributed by atoms with Gasteiger partial charge in [-0.05, 0) is 6.42 Å². The number of rotatable bonds is 3. The zero-order valence-corrected chi connectivity index (χ0v) is 7.42. The SMILES string of the molecule is CCC(CO)C(=O)O.O.[H-].[H-].[Mg+2]. The Hall–Kier alpha value is 0.156. The second-order valence-corrected chi connectivity index (χ2v) is 1.63. The molecule has 0 saturated carbocycles. The zero-order valence-electron chi connectivity index (χ0n) is 8.00. The van der Waals surface area contributed by atoms with Crippen molar-refractivity contribution in [3.8, 4) is 0 Å². The van der Waals surface area contributed by atoms with Gasteiger partial charge in [0.2, 0.25) is 0 Å². The predicted molar refractivity (Wildman–Crippen MR) is 40.1 cm³/mol. The predicted octanol–water partition coefficient (Wildman–Crippen LogP) is -0.891. The van der Waals surface area contributed by atoms with E-state index in [2.05, 4.69) is 0 Å². The first kappa shape index (κ1) is 16.6. The normalized spacial score (nSPS) is 10.6. The van der Waals surface area contributed by atoms with E-state index >= 15 is 0 Å². The van der Waals surface area contributed by atoms with Crippen LogP contribution in [-0.4, -0.2) is 51.3 Å². The van der Waals surface area contributed by atoms with Crippen molar-refractivity contribution in [2.75, 3.05) is 6.61 Å². The van der Waals surface area contributed by atoms with Crippen LogP contribution in [0.25, 0.3) is 0 Å². The van der Waals surface area contributed by atoms with Gasteiger partial charge in [0.15, 0.2) is 0 Å². The minimum absolute atomic E-state index is 0. The van der Waals surface area contributed by atoms with E-state index in [1.807, 2.05) is 0 Å². The minimum Gasteiger partial charge on any atom is -1.00 e. The molecule has 4 nitrogen and oxygen atoms in total. The first-order chi connectivity index (χ1) is 3.72. The molecular weight excluding hydrogens is 148 g/mol. The molecule has 0 bridgehead atoms. The maximum absolute atomic E-state index is 10.0. The number of carbonyl (C=O) groups is 1. The number of carboxylic acid groups (broad SMARTS) is 1. The Morgan fingerprint density at radius 2 is 2.10 bits per heavy atom. The van der Waals surface area contributed by atoms with E-state index in [1.165, 1.54) is 0 Å². The summed E-state index contributed by atoms with van der Waals surface area (Å²) in [6, 6.07) is 0. The van der Waals surface area contributed by atoms with E-state index in [1.54, 1.807) is 6.92 Å². The van der Waals surface area contributed by atoms with Crippen LogP contribution < -0.4 is 0 Å². The molecule has 0 amide bonds. The summed E-state index contributed by atoms with van der Waals surface area (Å²) < 4.78 is 0. The number of aliphatic hydroxyl groups excluding tert-OH is 1. The van der Waals surface area contributed by atoms with Crippen molar-refractivity contribution in [2.24, 2.45) is 5.92 Å². The van der Waals surface area contributed by atoms with Gasteiger partial charge in [0, 0.05) is 0 Å². The fraction of sp³-hybridized carbons (Fsp3) is 0.800. The third-order valence-corrected chi connectivity index (χ3v) is 1.06. The maximum Gasteiger partial charge on any atom is 2.00 e. The Kier molecular flexibility index (Phi) is 15.2. The van der Waals surface area contributed by atoms with Gasteiger partial charge in [0.05, 0.1) is 12.5 Å². The molecule has 0 aliphatic rings. The minimum atomic E-state index is -0.921. The molecule has 0 fully saturated rings. The molecule has 5 heteroatoms. The van der Waals surface area contributed by atoms with E-state index in [-0.39, 0.29) is 38.0 Å². The number of carboxylic acids is 1. The van der Waals surface area contributed by atoms with Gasteiger partial charge in [-0.25, -0.2) is 0 Å². The van der Waals surface area contributed by atoms with Crippen molar-refractivity contribution in [3.05, 3.63) is 0 Å². The van der Waals surface area contributed by atoms with Crippen molar-refractivity contribution < 1.29 is 23.3 Å².